The molecule has 0 amide bonds. The van der Waals surface area contributed by atoms with Crippen LogP contribution in [0.15, 0.2) is 41.6 Å². The molecule has 0 atom stereocenters. The molecule has 100 valence electrons. The first kappa shape index (κ1) is 13.4. The second-order valence-electron chi connectivity index (χ2n) is 5.01. The fourth-order valence-corrected chi connectivity index (χ4v) is 4.45. The summed E-state index contributed by atoms with van der Waals surface area (Å²) in [6, 6.07) is 9.14. The van der Waals surface area contributed by atoms with E-state index in [1.54, 1.807) is 11.9 Å². The van der Waals surface area contributed by atoms with Gasteiger partial charge in [0.05, 0.1) is 0 Å². The standard InChI is InChI=1S/C15H17BrN2S/c16-18(13-6-2-1-3-7-13)19-15-8-4-5-12-9-10-17-11-14(12)15/h4-5,8-11,13H,1-3,6-7H2. The molecular weight excluding hydrogens is 320 g/mol. The zero-order chi connectivity index (χ0) is 13.1. The molecule has 0 N–H and O–H groups in total. The van der Waals surface area contributed by atoms with Gasteiger partial charge in [0.25, 0.3) is 0 Å². The predicted molar refractivity (Wildman–Crippen MR) is 85.2 cm³/mol. The highest BCUT2D eigenvalue weighted by molar-refractivity contribution is 9.09. The molecule has 1 saturated carbocycles. The number of aromatic nitrogens is 1. The fourth-order valence-electron chi connectivity index (χ4n) is 2.62. The summed E-state index contributed by atoms with van der Waals surface area (Å²) >= 11 is 5.53. The van der Waals surface area contributed by atoms with Gasteiger partial charge in [-0.2, -0.15) is 3.33 Å². The van der Waals surface area contributed by atoms with Crippen molar-refractivity contribution in [3.63, 3.8) is 0 Å². The van der Waals surface area contributed by atoms with Gasteiger partial charge in [-0.25, -0.2) is 0 Å². The molecule has 1 aromatic heterocycles. The molecule has 19 heavy (non-hydrogen) atoms. The molecule has 1 aliphatic rings. The lowest BCUT2D eigenvalue weighted by molar-refractivity contribution is 0.368. The number of hydrogen-bond acceptors (Lipinski definition) is 3. The van der Waals surface area contributed by atoms with Gasteiger partial charge >= 0.3 is 0 Å². The summed E-state index contributed by atoms with van der Waals surface area (Å²) in [7, 11) is 0. The normalized spacial score (nSPS) is 17.2. The van der Waals surface area contributed by atoms with Crippen LogP contribution in [0.4, 0.5) is 0 Å². The summed E-state index contributed by atoms with van der Waals surface area (Å²) in [5.41, 5.74) is 0. The minimum Gasteiger partial charge on any atom is -0.264 e. The Hall–Kier alpha value is -0.580. The van der Waals surface area contributed by atoms with E-state index in [-0.39, 0.29) is 0 Å². The molecule has 2 aromatic rings. The number of pyridine rings is 1. The van der Waals surface area contributed by atoms with Crippen LogP contribution in [-0.4, -0.2) is 14.4 Å². The van der Waals surface area contributed by atoms with Gasteiger partial charge in [-0.15, -0.1) is 0 Å². The van der Waals surface area contributed by atoms with Crippen molar-refractivity contribution in [2.45, 2.75) is 43.0 Å². The zero-order valence-corrected chi connectivity index (χ0v) is 13.2. The topological polar surface area (TPSA) is 16.1 Å². The van der Waals surface area contributed by atoms with Crippen molar-refractivity contribution in [1.29, 1.82) is 0 Å². The number of fused-ring (bicyclic) bond motifs is 1. The maximum absolute atomic E-state index is 4.25. The monoisotopic (exact) mass is 336 g/mol. The van der Waals surface area contributed by atoms with E-state index in [1.807, 2.05) is 12.4 Å². The molecular formula is C15H17BrN2S. The van der Waals surface area contributed by atoms with Crippen molar-refractivity contribution >= 4 is 38.9 Å². The summed E-state index contributed by atoms with van der Waals surface area (Å²) in [6.45, 7) is 0. The summed E-state index contributed by atoms with van der Waals surface area (Å²) in [5.74, 6) is 0. The largest absolute Gasteiger partial charge is 0.264 e. The first-order valence-electron chi connectivity index (χ1n) is 6.80. The van der Waals surface area contributed by atoms with Gasteiger partial charge in [-0.05, 0) is 42.3 Å². The molecule has 1 heterocycles. The summed E-state index contributed by atoms with van der Waals surface area (Å²) in [5, 5.41) is 2.49. The molecule has 0 unspecified atom stereocenters. The summed E-state index contributed by atoms with van der Waals surface area (Å²) < 4.78 is 2.26. The molecule has 2 nitrogen and oxygen atoms in total. The molecule has 0 radical (unpaired) electrons. The highest BCUT2D eigenvalue weighted by Crippen LogP contribution is 2.37. The summed E-state index contributed by atoms with van der Waals surface area (Å²) in [4.78, 5) is 5.52. The molecule has 1 fully saturated rings. The van der Waals surface area contributed by atoms with Crippen molar-refractivity contribution in [3.05, 3.63) is 36.7 Å². The summed E-state index contributed by atoms with van der Waals surface area (Å²) in [6.07, 6.45) is 10.5. The average Bonchev–Trinajstić information content (AvgIpc) is 2.48. The van der Waals surface area contributed by atoms with Gasteiger partial charge in [0, 0.05) is 44.9 Å². The second-order valence-corrected chi connectivity index (χ2v) is 7.26. The van der Waals surface area contributed by atoms with E-state index in [2.05, 4.69) is 48.7 Å². The molecule has 1 aliphatic carbocycles. The first-order valence-corrected chi connectivity index (χ1v) is 8.28. The predicted octanol–water partition coefficient (Wildman–Crippen LogP) is 5.19. The van der Waals surface area contributed by atoms with Gasteiger partial charge in [0.15, 0.2) is 0 Å². The number of halogens is 1. The lowest BCUT2D eigenvalue weighted by atomic mass is 9.96. The Morgan fingerprint density at radius 2 is 2.00 bits per heavy atom. The van der Waals surface area contributed by atoms with Crippen LogP contribution in [0.2, 0.25) is 0 Å². The molecule has 4 heteroatoms. The van der Waals surface area contributed by atoms with Gasteiger partial charge in [0.1, 0.15) is 0 Å². The minimum atomic E-state index is 0.644. The highest BCUT2D eigenvalue weighted by atomic mass is 79.9. The van der Waals surface area contributed by atoms with Crippen molar-refractivity contribution < 1.29 is 0 Å². The maximum Gasteiger partial charge on any atom is 0.0358 e. The zero-order valence-electron chi connectivity index (χ0n) is 10.8. The van der Waals surface area contributed by atoms with E-state index in [0.717, 1.165) is 0 Å². The van der Waals surface area contributed by atoms with Crippen LogP contribution in [0.1, 0.15) is 32.1 Å². The lowest BCUT2D eigenvalue weighted by Crippen LogP contribution is -2.23. The Kier molecular flexibility index (Phi) is 4.41. The van der Waals surface area contributed by atoms with Crippen molar-refractivity contribution in [3.8, 4) is 0 Å². The molecule has 0 saturated heterocycles. The Labute approximate surface area is 127 Å². The second kappa shape index (κ2) is 6.25. The minimum absolute atomic E-state index is 0.644. The molecule has 0 aliphatic heterocycles. The third-order valence-corrected chi connectivity index (χ3v) is 5.73. The van der Waals surface area contributed by atoms with Crippen LogP contribution in [-0.2, 0) is 0 Å². The first-order chi connectivity index (χ1) is 9.34. The van der Waals surface area contributed by atoms with E-state index in [1.165, 1.54) is 47.8 Å². The molecule has 0 spiro atoms. The van der Waals surface area contributed by atoms with E-state index in [0.29, 0.717) is 6.04 Å². The Balaban J connectivity index is 1.80. The Bertz CT molecular complexity index is 549. The van der Waals surface area contributed by atoms with Crippen LogP contribution < -0.4 is 0 Å². The highest BCUT2D eigenvalue weighted by Gasteiger charge is 2.20. The van der Waals surface area contributed by atoms with Gasteiger partial charge in [0.2, 0.25) is 0 Å². The SMILES string of the molecule is BrN(Sc1cccc2ccncc12)C1CCCCC1. The van der Waals surface area contributed by atoms with Crippen molar-refractivity contribution in [2.24, 2.45) is 0 Å². The average molecular weight is 337 g/mol. The van der Waals surface area contributed by atoms with Crippen LogP contribution in [0.3, 0.4) is 0 Å². The lowest BCUT2D eigenvalue weighted by Gasteiger charge is -2.28. The van der Waals surface area contributed by atoms with E-state index in [9.17, 15) is 0 Å². The number of nitrogens with zero attached hydrogens (tertiary/aromatic N) is 2. The van der Waals surface area contributed by atoms with Crippen LogP contribution in [0.5, 0.6) is 0 Å². The van der Waals surface area contributed by atoms with E-state index >= 15 is 0 Å². The van der Waals surface area contributed by atoms with Crippen molar-refractivity contribution in [2.75, 3.05) is 0 Å². The van der Waals surface area contributed by atoms with Crippen LogP contribution in [0, 0.1) is 0 Å². The van der Waals surface area contributed by atoms with Crippen LogP contribution in [0.25, 0.3) is 10.8 Å². The fraction of sp³-hybridized carbons (Fsp3) is 0.400. The van der Waals surface area contributed by atoms with Gasteiger partial charge < -0.3 is 0 Å². The van der Waals surface area contributed by atoms with Gasteiger partial charge in [-0.3, -0.25) is 4.98 Å². The quantitative estimate of drug-likeness (QED) is 0.567. The van der Waals surface area contributed by atoms with Crippen LogP contribution >= 0.6 is 28.1 Å². The number of rotatable bonds is 3. The van der Waals surface area contributed by atoms with Gasteiger partial charge in [-0.1, -0.05) is 31.4 Å². The Morgan fingerprint density at radius 3 is 2.84 bits per heavy atom. The third-order valence-electron chi connectivity index (χ3n) is 3.69. The van der Waals surface area contributed by atoms with Crippen molar-refractivity contribution in [1.82, 2.24) is 8.32 Å². The number of benzene rings is 1. The molecule has 3 rings (SSSR count). The molecule has 0 bridgehead atoms. The number of hydrogen-bond donors (Lipinski definition) is 0. The maximum atomic E-state index is 4.25. The smallest absolute Gasteiger partial charge is 0.0358 e. The van der Waals surface area contributed by atoms with E-state index in [4.69, 9.17) is 0 Å². The third kappa shape index (κ3) is 3.12. The molecule has 1 aromatic carbocycles. The Morgan fingerprint density at radius 1 is 1.16 bits per heavy atom. The van der Waals surface area contributed by atoms with E-state index < -0.39 is 0 Å².